The van der Waals surface area contributed by atoms with E-state index in [0.29, 0.717) is 0 Å². The van der Waals surface area contributed by atoms with Crippen LogP contribution < -0.4 is 5.73 Å². The second kappa shape index (κ2) is 8.32. The lowest BCUT2D eigenvalue weighted by Gasteiger charge is -2.11. The van der Waals surface area contributed by atoms with Crippen molar-refractivity contribution >= 4 is 23.3 Å². The summed E-state index contributed by atoms with van der Waals surface area (Å²) in [6.45, 7) is 4.23. The Morgan fingerprint density at radius 3 is 2.19 bits per heavy atom. The molecule has 3 nitrogen and oxygen atoms in total. The van der Waals surface area contributed by atoms with Gasteiger partial charge < -0.3 is 10.8 Å². The number of carbonyl (C=O) groups is 1. The molecule has 0 spiro atoms. The first-order chi connectivity index (χ1) is 9.95. The van der Waals surface area contributed by atoms with E-state index < -0.39 is 5.97 Å². The van der Waals surface area contributed by atoms with E-state index in [1.807, 2.05) is 12.1 Å². The molecule has 112 valence electrons. The second-order valence-corrected chi connectivity index (χ2v) is 5.02. The van der Waals surface area contributed by atoms with Crippen LogP contribution in [-0.2, 0) is 11.2 Å². The summed E-state index contributed by atoms with van der Waals surface area (Å²) < 4.78 is 0. The molecule has 0 bridgehead atoms. The van der Waals surface area contributed by atoms with Gasteiger partial charge in [0.2, 0.25) is 0 Å². The summed E-state index contributed by atoms with van der Waals surface area (Å²) in [5.74, 6) is -1.29. The Balaban J connectivity index is 0.000000383. The van der Waals surface area contributed by atoms with E-state index in [1.54, 1.807) is 0 Å². The Morgan fingerprint density at radius 1 is 1.10 bits per heavy atom. The van der Waals surface area contributed by atoms with E-state index in [1.165, 1.54) is 22.3 Å². The zero-order chi connectivity index (χ0) is 15.8. The normalized spacial score (nSPS) is 9.67. The molecule has 0 amide bonds. The highest BCUT2D eigenvalue weighted by atomic mass is 35.5. The van der Waals surface area contributed by atoms with Crippen molar-refractivity contribution in [1.82, 2.24) is 0 Å². The Hall–Kier alpha value is -2.00. The van der Waals surface area contributed by atoms with Crippen LogP contribution in [0.2, 0.25) is 0 Å². The van der Waals surface area contributed by atoms with E-state index in [0.717, 1.165) is 12.1 Å². The molecule has 3 N–H and O–H groups in total. The van der Waals surface area contributed by atoms with Gasteiger partial charge in [0.15, 0.2) is 0 Å². The first-order valence-corrected chi connectivity index (χ1v) is 7.15. The number of nitrogens with two attached hydrogens (primary N) is 1. The predicted molar refractivity (Wildman–Crippen MR) is 87.9 cm³/mol. The Labute approximate surface area is 130 Å². The van der Waals surface area contributed by atoms with E-state index in [9.17, 15) is 4.79 Å². The fourth-order valence-corrected chi connectivity index (χ4v) is 1.90. The van der Waals surface area contributed by atoms with Gasteiger partial charge in [0.1, 0.15) is 5.88 Å². The number of hydrogen-bond acceptors (Lipinski definition) is 2. The summed E-state index contributed by atoms with van der Waals surface area (Å²) in [5.41, 5.74) is 12.0. The van der Waals surface area contributed by atoms with Crippen LogP contribution in [0.25, 0.3) is 0 Å². The van der Waals surface area contributed by atoms with Crippen LogP contribution in [0, 0.1) is 13.8 Å². The smallest absolute Gasteiger partial charge is 0.318 e. The van der Waals surface area contributed by atoms with E-state index in [4.69, 9.17) is 22.4 Å². The third-order valence-electron chi connectivity index (χ3n) is 3.29. The van der Waals surface area contributed by atoms with Gasteiger partial charge in [-0.25, -0.2) is 0 Å². The standard InChI is InChI=1S/C15H17N.C2H3ClO2/c1-11-12(2)15(16)9-8-14(11)10-13-6-4-3-5-7-13;3-1-2(4)5/h3-9H,10,16H2,1-2H3;1H2,(H,4,5). The molecule has 0 heterocycles. The highest BCUT2D eigenvalue weighted by Crippen LogP contribution is 2.21. The maximum absolute atomic E-state index is 9.24. The average molecular weight is 306 g/mol. The molecule has 0 aromatic heterocycles. The lowest BCUT2D eigenvalue weighted by molar-refractivity contribution is -0.134. The minimum Gasteiger partial charge on any atom is -0.480 e. The minimum absolute atomic E-state index is 0.306. The first kappa shape index (κ1) is 17.1. The van der Waals surface area contributed by atoms with Crippen molar-refractivity contribution in [2.75, 3.05) is 11.6 Å². The number of carboxylic acid groups (broad SMARTS) is 1. The van der Waals surface area contributed by atoms with Gasteiger partial charge in [-0.05, 0) is 48.6 Å². The van der Waals surface area contributed by atoms with Crippen LogP contribution >= 0.6 is 11.6 Å². The number of carboxylic acids is 1. The Bertz CT molecular complexity index is 597. The van der Waals surface area contributed by atoms with Crippen molar-refractivity contribution in [1.29, 1.82) is 0 Å². The zero-order valence-electron chi connectivity index (χ0n) is 12.3. The van der Waals surface area contributed by atoms with Gasteiger partial charge >= 0.3 is 5.97 Å². The van der Waals surface area contributed by atoms with Gasteiger partial charge in [0, 0.05) is 5.69 Å². The lowest BCUT2D eigenvalue weighted by Crippen LogP contribution is -1.98. The highest BCUT2D eigenvalue weighted by molar-refractivity contribution is 6.26. The largest absolute Gasteiger partial charge is 0.480 e. The molecular weight excluding hydrogens is 286 g/mol. The van der Waals surface area contributed by atoms with Crippen LogP contribution in [0.3, 0.4) is 0 Å². The molecule has 0 unspecified atom stereocenters. The molecule has 21 heavy (non-hydrogen) atoms. The molecule has 0 aliphatic rings. The second-order valence-electron chi connectivity index (χ2n) is 4.75. The van der Waals surface area contributed by atoms with Crippen molar-refractivity contribution in [3.63, 3.8) is 0 Å². The first-order valence-electron chi connectivity index (χ1n) is 6.62. The van der Waals surface area contributed by atoms with Crippen molar-refractivity contribution in [3.8, 4) is 0 Å². The molecule has 0 saturated carbocycles. The molecule has 0 aliphatic carbocycles. The molecule has 0 saturated heterocycles. The predicted octanol–water partition coefficient (Wildman–Crippen LogP) is 3.79. The summed E-state index contributed by atoms with van der Waals surface area (Å²) >= 11 is 4.74. The summed E-state index contributed by atoms with van der Waals surface area (Å²) in [7, 11) is 0. The van der Waals surface area contributed by atoms with Crippen LogP contribution in [0.1, 0.15) is 22.3 Å². The van der Waals surface area contributed by atoms with Gasteiger partial charge in [-0.1, -0.05) is 36.4 Å². The molecule has 2 rings (SSSR count). The maximum Gasteiger partial charge on any atom is 0.318 e. The Kier molecular flexibility index (Phi) is 6.76. The van der Waals surface area contributed by atoms with E-state index in [-0.39, 0.29) is 5.88 Å². The number of rotatable bonds is 3. The fourth-order valence-electron chi connectivity index (χ4n) is 1.90. The molecule has 0 aliphatic heterocycles. The maximum atomic E-state index is 9.24. The molecule has 4 heteroatoms. The SMILES string of the molecule is Cc1c(N)ccc(Cc2ccccc2)c1C.O=C(O)CCl. The fraction of sp³-hybridized carbons (Fsp3) is 0.235. The van der Waals surface area contributed by atoms with Gasteiger partial charge in [-0.3, -0.25) is 4.79 Å². The van der Waals surface area contributed by atoms with Gasteiger partial charge in [0.25, 0.3) is 0 Å². The van der Waals surface area contributed by atoms with Crippen molar-refractivity contribution in [2.45, 2.75) is 20.3 Å². The monoisotopic (exact) mass is 305 g/mol. The number of benzene rings is 2. The molecule has 2 aromatic carbocycles. The van der Waals surface area contributed by atoms with Crippen molar-refractivity contribution in [2.24, 2.45) is 0 Å². The van der Waals surface area contributed by atoms with Gasteiger partial charge in [-0.15, -0.1) is 11.6 Å². The van der Waals surface area contributed by atoms with Crippen LogP contribution in [0.4, 0.5) is 5.69 Å². The molecular formula is C17H20ClNO2. The lowest BCUT2D eigenvalue weighted by atomic mass is 9.96. The molecule has 0 radical (unpaired) electrons. The number of aliphatic carboxylic acids is 1. The summed E-state index contributed by atoms with van der Waals surface area (Å²) in [6, 6.07) is 14.6. The highest BCUT2D eigenvalue weighted by Gasteiger charge is 2.04. The zero-order valence-corrected chi connectivity index (χ0v) is 13.0. The third kappa shape index (κ3) is 5.48. The molecule has 0 atom stereocenters. The van der Waals surface area contributed by atoms with Gasteiger partial charge in [0.05, 0.1) is 0 Å². The van der Waals surface area contributed by atoms with E-state index in [2.05, 4.69) is 44.2 Å². The summed E-state index contributed by atoms with van der Waals surface area (Å²) in [6.07, 6.45) is 0.980. The number of hydrogen-bond donors (Lipinski definition) is 2. The third-order valence-corrected chi connectivity index (χ3v) is 3.52. The van der Waals surface area contributed by atoms with E-state index >= 15 is 0 Å². The van der Waals surface area contributed by atoms with Crippen molar-refractivity contribution in [3.05, 3.63) is 64.7 Å². The molecule has 2 aromatic rings. The number of anilines is 1. The molecule has 0 fully saturated rings. The van der Waals surface area contributed by atoms with Crippen LogP contribution in [0.5, 0.6) is 0 Å². The van der Waals surface area contributed by atoms with Crippen LogP contribution in [-0.4, -0.2) is 17.0 Å². The van der Waals surface area contributed by atoms with Gasteiger partial charge in [-0.2, -0.15) is 0 Å². The number of nitrogen functional groups attached to an aromatic ring is 1. The van der Waals surface area contributed by atoms with Crippen molar-refractivity contribution < 1.29 is 9.90 Å². The quantitative estimate of drug-likeness (QED) is 0.670. The summed E-state index contributed by atoms with van der Waals surface area (Å²) in [5, 5.41) is 7.59. The average Bonchev–Trinajstić information content (AvgIpc) is 2.49. The number of alkyl halides is 1. The van der Waals surface area contributed by atoms with Crippen LogP contribution in [0.15, 0.2) is 42.5 Å². The Morgan fingerprint density at radius 2 is 1.67 bits per heavy atom. The number of halogens is 1. The minimum atomic E-state index is -0.980. The topological polar surface area (TPSA) is 63.3 Å². The summed E-state index contributed by atoms with van der Waals surface area (Å²) in [4.78, 5) is 9.24.